The number of imidazole rings is 1. The van der Waals surface area contributed by atoms with E-state index in [4.69, 9.17) is 14.2 Å². The van der Waals surface area contributed by atoms with Crippen molar-refractivity contribution in [1.29, 1.82) is 0 Å². The van der Waals surface area contributed by atoms with E-state index in [1.165, 1.54) is 0 Å². The van der Waals surface area contributed by atoms with Gasteiger partial charge in [-0.25, -0.2) is 9.97 Å². The number of amides is 1. The van der Waals surface area contributed by atoms with Crippen molar-refractivity contribution in [3.05, 3.63) is 54.1 Å². The van der Waals surface area contributed by atoms with E-state index >= 15 is 0 Å². The molecule has 3 heterocycles. The lowest BCUT2D eigenvalue weighted by molar-refractivity contribution is -0.0812. The van der Waals surface area contributed by atoms with Crippen LogP contribution in [-0.2, 0) is 4.74 Å². The van der Waals surface area contributed by atoms with E-state index in [1.807, 2.05) is 6.07 Å². The van der Waals surface area contributed by atoms with Crippen molar-refractivity contribution >= 4 is 11.7 Å². The number of carbonyl (C=O) groups excluding carboxylic acids is 1. The average molecular weight is 398 g/mol. The Hall–Kier alpha value is -3.17. The normalized spacial score (nSPS) is 19.3. The molecule has 1 aliphatic rings. The van der Waals surface area contributed by atoms with Gasteiger partial charge in [0.05, 0.1) is 33.5 Å². The van der Waals surface area contributed by atoms with Gasteiger partial charge in [0.1, 0.15) is 11.8 Å². The minimum absolute atomic E-state index is 0.227. The van der Waals surface area contributed by atoms with Crippen molar-refractivity contribution in [3.8, 4) is 11.5 Å². The van der Waals surface area contributed by atoms with Crippen LogP contribution in [0.5, 0.6) is 11.5 Å². The molecule has 9 nitrogen and oxygen atoms in total. The minimum atomic E-state index is -0.569. The van der Waals surface area contributed by atoms with Crippen molar-refractivity contribution in [3.63, 3.8) is 0 Å². The summed E-state index contributed by atoms with van der Waals surface area (Å²) in [5, 5.41) is 9.89. The molecular weight excluding hydrogens is 376 g/mol. The zero-order chi connectivity index (χ0) is 20.4. The third-order valence-corrected chi connectivity index (χ3v) is 5.00. The van der Waals surface area contributed by atoms with Crippen molar-refractivity contribution in [2.24, 2.45) is 0 Å². The summed E-state index contributed by atoms with van der Waals surface area (Å²) in [6.07, 6.45) is 4.49. The SMILES string of the molecule is COc1ccc([C@H]2[C@H](CO)OCCN2C(=O)c2cn3cccnc3n2)cc1OC. The van der Waals surface area contributed by atoms with Gasteiger partial charge < -0.3 is 24.2 Å². The molecule has 0 saturated carbocycles. The molecule has 1 aliphatic heterocycles. The number of aliphatic hydroxyl groups excluding tert-OH is 1. The van der Waals surface area contributed by atoms with E-state index in [1.54, 1.807) is 60.3 Å². The second-order valence-electron chi connectivity index (χ2n) is 6.60. The van der Waals surface area contributed by atoms with Gasteiger partial charge in [0, 0.05) is 25.1 Å². The predicted molar refractivity (Wildman–Crippen MR) is 103 cm³/mol. The van der Waals surface area contributed by atoms with Crippen LogP contribution >= 0.6 is 0 Å². The first-order valence-electron chi connectivity index (χ1n) is 9.21. The van der Waals surface area contributed by atoms with Gasteiger partial charge in [-0.3, -0.25) is 9.20 Å². The average Bonchev–Trinajstić information content (AvgIpc) is 3.21. The fraction of sp³-hybridized carbons (Fsp3) is 0.350. The van der Waals surface area contributed by atoms with Crippen molar-refractivity contribution in [2.75, 3.05) is 34.0 Å². The maximum Gasteiger partial charge on any atom is 0.274 e. The fourth-order valence-electron chi connectivity index (χ4n) is 3.63. The molecule has 2 aromatic heterocycles. The Kier molecular flexibility index (Phi) is 5.32. The molecule has 1 N–H and O–H groups in total. The number of benzene rings is 1. The maximum atomic E-state index is 13.3. The van der Waals surface area contributed by atoms with Crippen LogP contribution in [-0.4, -0.2) is 70.4 Å². The standard InChI is InChI=1S/C20H22N4O5/c1-27-15-5-4-13(10-16(15)28-2)18-17(12-25)29-9-8-24(18)19(26)14-11-23-7-3-6-21-20(23)22-14/h3-7,10-11,17-18,25H,8-9,12H2,1-2H3/t17-,18-/m0/s1. The van der Waals surface area contributed by atoms with Crippen LogP contribution in [0.4, 0.5) is 0 Å². The lowest BCUT2D eigenvalue weighted by Crippen LogP contribution is -2.49. The van der Waals surface area contributed by atoms with E-state index in [0.717, 1.165) is 5.56 Å². The monoisotopic (exact) mass is 398 g/mol. The largest absolute Gasteiger partial charge is 0.493 e. The fourth-order valence-corrected chi connectivity index (χ4v) is 3.63. The molecule has 4 rings (SSSR count). The zero-order valence-corrected chi connectivity index (χ0v) is 16.2. The molecule has 152 valence electrons. The number of ether oxygens (including phenoxy) is 3. The van der Waals surface area contributed by atoms with Crippen LogP contribution in [0.3, 0.4) is 0 Å². The molecule has 1 saturated heterocycles. The van der Waals surface area contributed by atoms with Crippen molar-refractivity contribution in [2.45, 2.75) is 12.1 Å². The summed E-state index contributed by atoms with van der Waals surface area (Å²) in [5.41, 5.74) is 1.06. The summed E-state index contributed by atoms with van der Waals surface area (Å²) in [4.78, 5) is 23.5. The van der Waals surface area contributed by atoms with Gasteiger partial charge in [-0.2, -0.15) is 0 Å². The van der Waals surface area contributed by atoms with Crippen molar-refractivity contribution in [1.82, 2.24) is 19.3 Å². The number of hydrogen-bond acceptors (Lipinski definition) is 7. The number of fused-ring (bicyclic) bond motifs is 1. The van der Waals surface area contributed by atoms with Gasteiger partial charge in [-0.1, -0.05) is 6.07 Å². The zero-order valence-electron chi connectivity index (χ0n) is 16.2. The Labute approximate surface area is 167 Å². The van der Waals surface area contributed by atoms with Crippen LogP contribution in [0.1, 0.15) is 22.1 Å². The number of aliphatic hydroxyl groups is 1. The summed E-state index contributed by atoms with van der Waals surface area (Å²) in [5.74, 6) is 1.32. The van der Waals surface area contributed by atoms with Gasteiger partial charge in [0.2, 0.25) is 5.78 Å². The highest BCUT2D eigenvalue weighted by Gasteiger charge is 2.37. The molecule has 0 unspecified atom stereocenters. The number of morpholine rings is 1. The van der Waals surface area contributed by atoms with Crippen LogP contribution in [0.25, 0.3) is 5.78 Å². The van der Waals surface area contributed by atoms with E-state index in [9.17, 15) is 9.90 Å². The highest BCUT2D eigenvalue weighted by Crippen LogP contribution is 2.36. The molecule has 1 fully saturated rings. The molecule has 29 heavy (non-hydrogen) atoms. The number of nitrogens with zero attached hydrogens (tertiary/aromatic N) is 4. The lowest BCUT2D eigenvalue weighted by atomic mass is 9.97. The number of aromatic nitrogens is 3. The van der Waals surface area contributed by atoms with Crippen LogP contribution in [0.2, 0.25) is 0 Å². The Morgan fingerprint density at radius 3 is 2.86 bits per heavy atom. The third-order valence-electron chi connectivity index (χ3n) is 5.00. The quantitative estimate of drug-likeness (QED) is 0.692. The van der Waals surface area contributed by atoms with E-state index < -0.39 is 12.1 Å². The van der Waals surface area contributed by atoms with Gasteiger partial charge in [-0.15, -0.1) is 0 Å². The molecule has 0 aliphatic carbocycles. The van der Waals surface area contributed by atoms with Gasteiger partial charge in [0.25, 0.3) is 5.91 Å². The van der Waals surface area contributed by atoms with E-state index in [2.05, 4.69) is 9.97 Å². The van der Waals surface area contributed by atoms with Gasteiger partial charge >= 0.3 is 0 Å². The Morgan fingerprint density at radius 2 is 2.14 bits per heavy atom. The molecule has 1 aromatic carbocycles. The van der Waals surface area contributed by atoms with Gasteiger partial charge in [0.15, 0.2) is 11.5 Å². The minimum Gasteiger partial charge on any atom is -0.493 e. The first-order valence-corrected chi connectivity index (χ1v) is 9.21. The van der Waals surface area contributed by atoms with Gasteiger partial charge in [-0.05, 0) is 23.8 Å². The summed E-state index contributed by atoms with van der Waals surface area (Å²) >= 11 is 0. The van der Waals surface area contributed by atoms with Crippen molar-refractivity contribution < 1.29 is 24.1 Å². The molecule has 0 radical (unpaired) electrons. The third kappa shape index (κ3) is 3.50. The number of rotatable bonds is 5. The Morgan fingerprint density at radius 1 is 1.31 bits per heavy atom. The highest BCUT2D eigenvalue weighted by molar-refractivity contribution is 5.93. The van der Waals surface area contributed by atoms with Crippen LogP contribution in [0, 0.1) is 0 Å². The second kappa shape index (κ2) is 8.06. The number of carbonyl (C=O) groups is 1. The lowest BCUT2D eigenvalue weighted by Gasteiger charge is -2.40. The van der Waals surface area contributed by atoms with E-state index in [-0.39, 0.29) is 18.2 Å². The maximum absolute atomic E-state index is 13.3. The first-order chi connectivity index (χ1) is 14.2. The first kappa shape index (κ1) is 19.2. The topological polar surface area (TPSA) is 98.4 Å². The Balaban J connectivity index is 1.73. The Bertz CT molecular complexity index is 988. The summed E-state index contributed by atoms with van der Waals surface area (Å²) in [6, 6.07) is 6.68. The highest BCUT2D eigenvalue weighted by atomic mass is 16.5. The smallest absolute Gasteiger partial charge is 0.274 e. The molecule has 3 aromatic rings. The number of hydrogen-bond donors (Lipinski definition) is 1. The molecule has 1 amide bonds. The number of methoxy groups -OCH3 is 2. The van der Waals surface area contributed by atoms with Crippen LogP contribution < -0.4 is 9.47 Å². The predicted octanol–water partition coefficient (Wildman–Crippen LogP) is 1.32. The summed E-state index contributed by atoms with van der Waals surface area (Å²) in [6.45, 7) is 0.470. The van der Waals surface area contributed by atoms with Crippen LogP contribution in [0.15, 0.2) is 42.9 Å². The van der Waals surface area contributed by atoms with E-state index in [0.29, 0.717) is 30.4 Å². The summed E-state index contributed by atoms with van der Waals surface area (Å²) in [7, 11) is 3.11. The molecular formula is C20H22N4O5. The molecule has 0 bridgehead atoms. The molecule has 9 heteroatoms. The molecule has 2 atom stereocenters. The summed E-state index contributed by atoms with van der Waals surface area (Å²) < 4.78 is 18.1. The second-order valence-corrected chi connectivity index (χ2v) is 6.60. The molecule has 0 spiro atoms.